The Bertz CT molecular complexity index is 921. The fraction of sp³-hybridized carbons (Fsp3) is 0.350. The summed E-state index contributed by atoms with van der Waals surface area (Å²) in [5.74, 6) is -0.365. The third kappa shape index (κ3) is 2.36. The van der Waals surface area contributed by atoms with E-state index >= 15 is 0 Å². The van der Waals surface area contributed by atoms with Crippen molar-refractivity contribution in [3.63, 3.8) is 0 Å². The average molecular weight is 350 g/mol. The molecule has 1 fully saturated rings. The van der Waals surface area contributed by atoms with Gasteiger partial charge in [-0.1, -0.05) is 0 Å². The minimum Gasteiger partial charge on any atom is -0.329 e. The predicted octanol–water partition coefficient (Wildman–Crippen LogP) is 3.40. The molecule has 6 heteroatoms. The van der Waals surface area contributed by atoms with Crippen LogP contribution >= 0.6 is 0 Å². The first kappa shape index (κ1) is 16.2. The molecule has 130 valence electrons. The van der Waals surface area contributed by atoms with Gasteiger partial charge >= 0.3 is 7.98 Å². The van der Waals surface area contributed by atoms with Crippen LogP contribution in [0, 0.1) is 17.7 Å². The van der Waals surface area contributed by atoms with Gasteiger partial charge in [-0.3, -0.25) is 4.90 Å². The van der Waals surface area contributed by atoms with E-state index in [4.69, 9.17) is 7.98 Å². The number of fused-ring (bicyclic) bond motifs is 3. The number of pyridine rings is 1. The van der Waals surface area contributed by atoms with Gasteiger partial charge in [0.05, 0.1) is 6.54 Å². The molecule has 4 aliphatic heterocycles. The molecule has 5 heterocycles. The molecule has 2 aromatic rings. The van der Waals surface area contributed by atoms with Crippen LogP contribution < -0.4 is 4.39 Å². The van der Waals surface area contributed by atoms with Gasteiger partial charge in [0, 0.05) is 47.5 Å². The fourth-order valence-electron chi connectivity index (χ4n) is 4.93. The molecule has 1 atom stereocenters. The highest BCUT2D eigenvalue weighted by molar-refractivity contribution is 6.18. The van der Waals surface area contributed by atoms with Crippen molar-refractivity contribution in [1.29, 1.82) is 0 Å². The van der Waals surface area contributed by atoms with Crippen LogP contribution in [0.2, 0.25) is 0 Å². The topological polar surface area (TPSA) is 16.1 Å². The Morgan fingerprint density at radius 3 is 2.73 bits per heavy atom. The third-order valence-corrected chi connectivity index (χ3v) is 6.03. The lowest BCUT2D eigenvalue weighted by atomic mass is 9.90. The quantitative estimate of drug-likeness (QED) is 0.610. The smallest absolute Gasteiger partial charge is 0.329 e. The van der Waals surface area contributed by atoms with Crippen molar-refractivity contribution in [1.82, 2.24) is 14.3 Å². The van der Waals surface area contributed by atoms with Crippen molar-refractivity contribution >= 4 is 19.2 Å². The molecule has 3 nitrogen and oxygen atoms in total. The largest absolute Gasteiger partial charge is 0.493 e. The first-order chi connectivity index (χ1) is 12.5. The van der Waals surface area contributed by atoms with Gasteiger partial charge in [0.15, 0.2) is 0 Å². The number of hydrogen-bond acceptors (Lipinski definition) is 2. The van der Waals surface area contributed by atoms with E-state index in [2.05, 4.69) is 9.88 Å². The highest BCUT2D eigenvalue weighted by atomic mass is 19.1. The summed E-state index contributed by atoms with van der Waals surface area (Å²) in [4.78, 5) is 6.07. The maximum absolute atomic E-state index is 14.0. The molecule has 26 heavy (non-hydrogen) atoms. The summed E-state index contributed by atoms with van der Waals surface area (Å²) >= 11 is 0. The molecule has 0 amide bonds. The number of hydrogen-bond donors (Lipinski definition) is 0. The van der Waals surface area contributed by atoms with Crippen LogP contribution in [0.3, 0.4) is 0 Å². The molecule has 2 bridgehead atoms. The van der Waals surface area contributed by atoms with E-state index in [1.54, 1.807) is 18.2 Å². The van der Waals surface area contributed by atoms with Crippen LogP contribution in [0.25, 0.3) is 5.57 Å². The van der Waals surface area contributed by atoms with Crippen molar-refractivity contribution in [3.05, 3.63) is 65.1 Å². The summed E-state index contributed by atoms with van der Waals surface area (Å²) in [6.07, 6.45) is 3.60. The zero-order valence-corrected chi connectivity index (χ0v) is 14.5. The standard InChI is InChI=1S/C20H19BF2N3/c21-26(12-13-3-6-24-19(23)9-13)18-2-1-15(22)10-16(18)17-11-25-7-4-14(5-8-25)20(17)26/h1-3,6,9-10,14H,4-5,7-8,11-12H2/q+1. The molecule has 1 saturated heterocycles. The maximum atomic E-state index is 14.0. The van der Waals surface area contributed by atoms with E-state index in [0.29, 0.717) is 12.5 Å². The van der Waals surface area contributed by atoms with E-state index in [1.807, 2.05) is 0 Å². The van der Waals surface area contributed by atoms with Crippen LogP contribution in [0.15, 0.2) is 42.2 Å². The number of halogens is 2. The second-order valence-electron chi connectivity index (χ2n) is 7.59. The van der Waals surface area contributed by atoms with Crippen LogP contribution in [0.4, 0.5) is 14.5 Å². The molecular formula is C20H19BF2N3+. The third-order valence-electron chi connectivity index (χ3n) is 6.03. The molecule has 0 N–H and O–H groups in total. The number of nitrogens with zero attached hydrogens (tertiary/aromatic N) is 3. The van der Waals surface area contributed by atoms with Gasteiger partial charge < -0.3 is 4.39 Å². The van der Waals surface area contributed by atoms with E-state index < -0.39 is 5.95 Å². The Morgan fingerprint density at radius 2 is 1.96 bits per heavy atom. The van der Waals surface area contributed by atoms with Crippen molar-refractivity contribution < 1.29 is 8.78 Å². The van der Waals surface area contributed by atoms with E-state index in [1.165, 1.54) is 24.0 Å². The summed E-state index contributed by atoms with van der Waals surface area (Å²) in [5, 5.41) is 0. The highest BCUT2D eigenvalue weighted by Crippen LogP contribution is 2.51. The van der Waals surface area contributed by atoms with Crippen molar-refractivity contribution in [2.45, 2.75) is 19.4 Å². The summed E-state index contributed by atoms with van der Waals surface area (Å²) in [6.45, 7) is 3.34. The first-order valence-electron chi connectivity index (χ1n) is 9.08. The van der Waals surface area contributed by atoms with Crippen LogP contribution in [-0.4, -0.2) is 37.5 Å². The lowest BCUT2D eigenvalue weighted by Gasteiger charge is -2.38. The molecule has 0 aliphatic carbocycles. The molecule has 1 aromatic heterocycles. The minimum absolute atomic E-state index is 0.118. The Balaban J connectivity index is 1.69. The zero-order valence-electron chi connectivity index (χ0n) is 14.5. The highest BCUT2D eigenvalue weighted by Gasteiger charge is 2.48. The molecular weight excluding hydrogens is 331 g/mol. The van der Waals surface area contributed by atoms with Crippen LogP contribution in [-0.2, 0) is 6.54 Å². The second kappa shape index (κ2) is 5.73. The summed E-state index contributed by atoms with van der Waals surface area (Å²) in [6, 6.07) is 8.11. The molecule has 1 aromatic carbocycles. The van der Waals surface area contributed by atoms with Crippen molar-refractivity contribution in [2.75, 3.05) is 19.6 Å². The van der Waals surface area contributed by atoms with Crippen LogP contribution in [0.1, 0.15) is 24.0 Å². The summed E-state index contributed by atoms with van der Waals surface area (Å²) in [5.41, 5.74) is 4.96. The fourth-order valence-corrected chi connectivity index (χ4v) is 4.93. The number of allylic oxidation sites excluding steroid dienone is 1. The van der Waals surface area contributed by atoms with Crippen molar-refractivity contribution in [2.24, 2.45) is 5.92 Å². The Labute approximate surface area is 153 Å². The normalized spacial score (nSPS) is 29.5. The monoisotopic (exact) mass is 350 g/mol. The number of aromatic nitrogens is 1. The van der Waals surface area contributed by atoms with Gasteiger partial charge in [0.1, 0.15) is 17.2 Å². The van der Waals surface area contributed by atoms with Gasteiger partial charge in [-0.15, -0.1) is 0 Å². The number of piperidine rings is 1. The van der Waals surface area contributed by atoms with E-state index in [-0.39, 0.29) is 10.2 Å². The summed E-state index contributed by atoms with van der Waals surface area (Å²) in [7, 11) is 7.01. The number of rotatable bonds is 2. The van der Waals surface area contributed by atoms with E-state index in [9.17, 15) is 8.78 Å². The van der Waals surface area contributed by atoms with Crippen molar-refractivity contribution in [3.8, 4) is 0 Å². The van der Waals surface area contributed by atoms with E-state index in [0.717, 1.165) is 54.9 Å². The first-order valence-corrected chi connectivity index (χ1v) is 9.08. The Hall–Kier alpha value is -2.05. The van der Waals surface area contributed by atoms with Gasteiger partial charge in [0.25, 0.3) is 0 Å². The predicted molar refractivity (Wildman–Crippen MR) is 97.9 cm³/mol. The van der Waals surface area contributed by atoms with Gasteiger partial charge in [-0.25, -0.2) is 9.37 Å². The SMILES string of the molecule is [B][N+]1(Cc2ccnc(F)c2)C2=C(CN3CCC2CC3)c2cc(F)ccc21. The number of quaternary nitrogens is 1. The minimum atomic E-state index is -0.505. The number of benzene rings is 1. The maximum Gasteiger partial charge on any atom is 0.493 e. The Kier molecular flexibility index (Phi) is 3.56. The van der Waals surface area contributed by atoms with Gasteiger partial charge in [-0.2, -0.15) is 4.39 Å². The van der Waals surface area contributed by atoms with Crippen LogP contribution in [0.5, 0.6) is 0 Å². The van der Waals surface area contributed by atoms with Gasteiger partial charge in [-0.05, 0) is 44.1 Å². The molecule has 4 aliphatic rings. The lowest BCUT2D eigenvalue weighted by Crippen LogP contribution is -2.46. The average Bonchev–Trinajstić information content (AvgIpc) is 2.79. The Morgan fingerprint density at radius 1 is 1.15 bits per heavy atom. The van der Waals surface area contributed by atoms with Gasteiger partial charge in [0.2, 0.25) is 5.95 Å². The molecule has 2 radical (unpaired) electrons. The second-order valence-corrected chi connectivity index (χ2v) is 7.59. The lowest BCUT2D eigenvalue weighted by molar-refractivity contribution is 0.222. The summed E-state index contributed by atoms with van der Waals surface area (Å²) < 4.78 is 27.8. The zero-order chi connectivity index (χ0) is 17.9. The molecule has 0 spiro atoms. The molecule has 6 rings (SSSR count). The molecule has 0 saturated carbocycles. The molecule has 1 unspecified atom stereocenters.